The van der Waals surface area contributed by atoms with Crippen molar-refractivity contribution < 1.29 is 14.0 Å². The Morgan fingerprint density at radius 3 is 2.13 bits per heavy atom. The highest BCUT2D eigenvalue weighted by atomic mass is 16.3. The van der Waals surface area contributed by atoms with Crippen molar-refractivity contribution in [1.29, 1.82) is 0 Å². The number of nitrogens with one attached hydrogen (secondary N) is 2. The van der Waals surface area contributed by atoms with Gasteiger partial charge in [-0.3, -0.25) is 14.4 Å². The van der Waals surface area contributed by atoms with E-state index in [4.69, 9.17) is 4.42 Å². The van der Waals surface area contributed by atoms with Crippen LogP contribution in [-0.4, -0.2) is 21.6 Å². The maximum absolute atomic E-state index is 12.6. The predicted octanol–water partition coefficient (Wildman–Crippen LogP) is 3.39. The molecule has 2 heterocycles. The summed E-state index contributed by atoms with van der Waals surface area (Å²) < 4.78 is 6.30. The van der Waals surface area contributed by atoms with Gasteiger partial charge in [0.2, 0.25) is 0 Å². The van der Waals surface area contributed by atoms with Gasteiger partial charge in [0.25, 0.3) is 17.4 Å². The van der Waals surface area contributed by atoms with Crippen LogP contribution in [0.25, 0.3) is 0 Å². The van der Waals surface area contributed by atoms with Crippen molar-refractivity contribution in [1.82, 2.24) is 9.78 Å². The number of rotatable bonds is 6. The number of amides is 2. The summed E-state index contributed by atoms with van der Waals surface area (Å²) in [6.45, 7) is 0.269. The lowest BCUT2D eigenvalue weighted by Crippen LogP contribution is -2.26. The molecule has 154 valence electrons. The molecule has 2 aromatic carbocycles. The lowest BCUT2D eigenvalue weighted by molar-refractivity contribution is 0.0993. The molecule has 0 aliphatic rings. The molecule has 8 heteroatoms. The van der Waals surface area contributed by atoms with Gasteiger partial charge in [0.05, 0.1) is 12.8 Å². The van der Waals surface area contributed by atoms with E-state index in [-0.39, 0.29) is 29.5 Å². The minimum atomic E-state index is -0.450. The second-order valence-electron chi connectivity index (χ2n) is 6.66. The van der Waals surface area contributed by atoms with E-state index in [0.717, 1.165) is 5.56 Å². The number of carbonyl (C=O) groups excluding carboxylic acids is 2. The predicted molar refractivity (Wildman–Crippen MR) is 115 cm³/mol. The average molecular weight is 414 g/mol. The molecule has 0 atom stereocenters. The molecule has 0 radical (unpaired) electrons. The number of furan rings is 1. The first kappa shape index (κ1) is 19.8. The first-order valence-corrected chi connectivity index (χ1v) is 9.47. The number of benzene rings is 2. The van der Waals surface area contributed by atoms with Gasteiger partial charge in [0.15, 0.2) is 5.76 Å². The van der Waals surface area contributed by atoms with E-state index in [1.165, 1.54) is 23.1 Å². The van der Waals surface area contributed by atoms with Crippen LogP contribution in [0.1, 0.15) is 26.6 Å². The summed E-state index contributed by atoms with van der Waals surface area (Å²) in [6.07, 6.45) is 1.42. The van der Waals surface area contributed by atoms with Gasteiger partial charge >= 0.3 is 0 Å². The van der Waals surface area contributed by atoms with Gasteiger partial charge < -0.3 is 15.1 Å². The molecule has 0 aliphatic heterocycles. The second kappa shape index (κ2) is 8.91. The SMILES string of the molecule is O=C(Nc1ccc(NC(=O)c2ccco2)cc1)c1ccc(=O)n(Cc2ccccc2)n1. The topological polar surface area (TPSA) is 106 Å². The summed E-state index contributed by atoms with van der Waals surface area (Å²) in [6, 6.07) is 21.9. The van der Waals surface area contributed by atoms with Crippen molar-refractivity contribution in [3.05, 3.63) is 112 Å². The fraction of sp³-hybridized carbons (Fsp3) is 0.0435. The van der Waals surface area contributed by atoms with Crippen molar-refractivity contribution in [2.24, 2.45) is 0 Å². The molecule has 0 saturated carbocycles. The molecule has 0 unspecified atom stereocenters. The van der Waals surface area contributed by atoms with Crippen LogP contribution >= 0.6 is 0 Å². The second-order valence-corrected chi connectivity index (χ2v) is 6.66. The Bertz CT molecular complexity index is 1250. The quantitative estimate of drug-likeness (QED) is 0.503. The summed E-state index contributed by atoms with van der Waals surface area (Å²) in [5.41, 5.74) is 1.79. The highest BCUT2D eigenvalue weighted by Crippen LogP contribution is 2.15. The van der Waals surface area contributed by atoms with E-state index >= 15 is 0 Å². The van der Waals surface area contributed by atoms with Crippen LogP contribution in [0.15, 0.2) is 94.3 Å². The molecule has 4 aromatic rings. The maximum Gasteiger partial charge on any atom is 0.291 e. The zero-order chi connectivity index (χ0) is 21.6. The van der Waals surface area contributed by atoms with Crippen LogP contribution in [0.3, 0.4) is 0 Å². The number of anilines is 2. The third kappa shape index (κ3) is 4.94. The van der Waals surface area contributed by atoms with Crippen molar-refractivity contribution >= 4 is 23.2 Å². The van der Waals surface area contributed by atoms with Gasteiger partial charge in [-0.05, 0) is 48.0 Å². The largest absolute Gasteiger partial charge is 0.459 e. The fourth-order valence-electron chi connectivity index (χ4n) is 2.87. The number of carbonyl (C=O) groups is 2. The highest BCUT2D eigenvalue weighted by Gasteiger charge is 2.12. The third-order valence-electron chi connectivity index (χ3n) is 4.42. The lowest BCUT2D eigenvalue weighted by atomic mass is 10.2. The van der Waals surface area contributed by atoms with Crippen molar-refractivity contribution in [2.45, 2.75) is 6.54 Å². The minimum Gasteiger partial charge on any atom is -0.459 e. The van der Waals surface area contributed by atoms with Gasteiger partial charge in [0, 0.05) is 17.4 Å². The Morgan fingerprint density at radius 1 is 0.806 bits per heavy atom. The molecule has 2 N–H and O–H groups in total. The minimum absolute atomic E-state index is 0.116. The zero-order valence-corrected chi connectivity index (χ0v) is 16.3. The molecule has 0 fully saturated rings. The molecular weight excluding hydrogens is 396 g/mol. The molecule has 0 aliphatic carbocycles. The Morgan fingerprint density at radius 2 is 1.48 bits per heavy atom. The third-order valence-corrected chi connectivity index (χ3v) is 4.42. The van der Waals surface area contributed by atoms with Crippen LogP contribution in [-0.2, 0) is 6.54 Å². The summed E-state index contributed by atoms with van der Waals surface area (Å²) in [7, 11) is 0. The molecule has 2 amide bonds. The molecule has 4 rings (SSSR count). The monoisotopic (exact) mass is 414 g/mol. The summed E-state index contributed by atoms with van der Waals surface area (Å²) in [4.78, 5) is 36.7. The molecule has 0 saturated heterocycles. The molecule has 8 nitrogen and oxygen atoms in total. The molecule has 0 bridgehead atoms. The fourth-order valence-corrected chi connectivity index (χ4v) is 2.87. The summed E-state index contributed by atoms with van der Waals surface area (Å²) >= 11 is 0. The Kier molecular flexibility index (Phi) is 5.70. The van der Waals surface area contributed by atoms with E-state index in [0.29, 0.717) is 11.4 Å². The van der Waals surface area contributed by atoms with Gasteiger partial charge in [-0.2, -0.15) is 5.10 Å². The van der Waals surface area contributed by atoms with Crippen molar-refractivity contribution in [3.63, 3.8) is 0 Å². The molecule has 31 heavy (non-hydrogen) atoms. The molecular formula is C23H18N4O4. The van der Waals surface area contributed by atoms with E-state index in [1.807, 2.05) is 30.3 Å². The molecule has 2 aromatic heterocycles. The average Bonchev–Trinajstić information content (AvgIpc) is 3.32. The molecule has 0 spiro atoms. The summed E-state index contributed by atoms with van der Waals surface area (Å²) in [5, 5.41) is 9.60. The highest BCUT2D eigenvalue weighted by molar-refractivity contribution is 6.04. The number of aromatic nitrogens is 2. The van der Waals surface area contributed by atoms with Crippen LogP contribution in [0, 0.1) is 0 Å². The van der Waals surface area contributed by atoms with Crippen molar-refractivity contribution in [2.75, 3.05) is 10.6 Å². The maximum atomic E-state index is 12.6. The van der Waals surface area contributed by atoms with E-state index in [1.54, 1.807) is 36.4 Å². The van der Waals surface area contributed by atoms with Gasteiger partial charge in [-0.1, -0.05) is 30.3 Å². The Balaban J connectivity index is 1.42. The Hall–Kier alpha value is -4.46. The Labute approximate surface area is 177 Å². The van der Waals surface area contributed by atoms with Gasteiger partial charge in [-0.25, -0.2) is 4.68 Å². The summed E-state index contributed by atoms with van der Waals surface area (Å²) in [5.74, 6) is -0.616. The number of nitrogens with zero attached hydrogens (tertiary/aromatic N) is 2. The normalized spacial score (nSPS) is 10.5. The number of hydrogen-bond acceptors (Lipinski definition) is 5. The lowest BCUT2D eigenvalue weighted by Gasteiger charge is -2.09. The van der Waals surface area contributed by atoms with Crippen LogP contribution in [0.5, 0.6) is 0 Å². The van der Waals surface area contributed by atoms with Crippen LogP contribution in [0.4, 0.5) is 11.4 Å². The number of hydrogen-bond donors (Lipinski definition) is 2. The standard InChI is InChI=1S/C23H18N4O4/c28-21-13-12-19(26-27(21)15-16-5-2-1-3-6-16)22(29)24-17-8-10-18(11-9-17)25-23(30)20-7-4-14-31-20/h1-14H,15H2,(H,24,29)(H,25,30). The van der Waals surface area contributed by atoms with E-state index < -0.39 is 5.91 Å². The first-order valence-electron chi connectivity index (χ1n) is 9.47. The smallest absolute Gasteiger partial charge is 0.291 e. The van der Waals surface area contributed by atoms with Crippen LogP contribution < -0.4 is 16.2 Å². The van der Waals surface area contributed by atoms with Crippen LogP contribution in [0.2, 0.25) is 0 Å². The van der Waals surface area contributed by atoms with Gasteiger partial charge in [-0.15, -0.1) is 0 Å². The van der Waals surface area contributed by atoms with Crippen molar-refractivity contribution in [3.8, 4) is 0 Å². The van der Waals surface area contributed by atoms with E-state index in [9.17, 15) is 14.4 Å². The van der Waals surface area contributed by atoms with Gasteiger partial charge in [0.1, 0.15) is 5.69 Å². The van der Waals surface area contributed by atoms with E-state index in [2.05, 4.69) is 15.7 Å². The first-order chi connectivity index (χ1) is 15.1. The zero-order valence-electron chi connectivity index (χ0n) is 16.3.